The van der Waals surface area contributed by atoms with Crippen molar-refractivity contribution < 1.29 is 13.2 Å². The highest BCUT2D eigenvalue weighted by Crippen LogP contribution is 2.32. The van der Waals surface area contributed by atoms with E-state index in [2.05, 4.69) is 5.32 Å². The van der Waals surface area contributed by atoms with Crippen LogP contribution in [0.2, 0.25) is 0 Å². The molecule has 0 radical (unpaired) electrons. The van der Waals surface area contributed by atoms with E-state index in [9.17, 15) is 13.2 Å². The molecule has 0 aromatic heterocycles. The standard InChI is InChI=1S/C12H16F3N/c1-8(2)16-7-10-5-4-9(3)6-11(10)12(13,14)15/h4-6,8,16H,7H2,1-3H3. The third-order valence-electron chi connectivity index (χ3n) is 2.27. The molecule has 0 heterocycles. The van der Waals surface area contributed by atoms with Crippen LogP contribution in [0.5, 0.6) is 0 Å². The van der Waals surface area contributed by atoms with Crippen LogP contribution in [0.25, 0.3) is 0 Å². The third kappa shape index (κ3) is 3.52. The van der Waals surface area contributed by atoms with E-state index >= 15 is 0 Å². The number of aryl methyl sites for hydroxylation is 1. The average molecular weight is 231 g/mol. The smallest absolute Gasteiger partial charge is 0.310 e. The van der Waals surface area contributed by atoms with Gasteiger partial charge in [0.1, 0.15) is 0 Å². The monoisotopic (exact) mass is 231 g/mol. The second kappa shape index (κ2) is 4.87. The zero-order chi connectivity index (χ0) is 12.3. The Labute approximate surface area is 93.7 Å². The molecule has 0 aliphatic carbocycles. The Morgan fingerprint density at radius 2 is 1.88 bits per heavy atom. The van der Waals surface area contributed by atoms with Crippen molar-refractivity contribution in [2.45, 2.75) is 39.5 Å². The fraction of sp³-hybridized carbons (Fsp3) is 0.500. The lowest BCUT2D eigenvalue weighted by Crippen LogP contribution is -2.23. The van der Waals surface area contributed by atoms with E-state index in [-0.39, 0.29) is 12.6 Å². The third-order valence-corrected chi connectivity index (χ3v) is 2.27. The molecule has 0 saturated carbocycles. The molecule has 1 aromatic rings. The average Bonchev–Trinajstić information content (AvgIpc) is 2.14. The molecule has 1 nitrogen and oxygen atoms in total. The van der Waals surface area contributed by atoms with Gasteiger partial charge in [-0.2, -0.15) is 13.2 Å². The number of nitrogens with one attached hydrogen (secondary N) is 1. The number of alkyl halides is 3. The molecular weight excluding hydrogens is 215 g/mol. The van der Waals surface area contributed by atoms with Gasteiger partial charge >= 0.3 is 6.18 Å². The van der Waals surface area contributed by atoms with E-state index in [0.29, 0.717) is 11.1 Å². The van der Waals surface area contributed by atoms with Gasteiger partial charge in [-0.15, -0.1) is 0 Å². The first kappa shape index (κ1) is 13.0. The van der Waals surface area contributed by atoms with Crippen LogP contribution in [0, 0.1) is 6.92 Å². The zero-order valence-electron chi connectivity index (χ0n) is 9.65. The summed E-state index contributed by atoms with van der Waals surface area (Å²) in [4.78, 5) is 0. The minimum atomic E-state index is -4.28. The second-order valence-electron chi connectivity index (χ2n) is 4.19. The Kier molecular flexibility index (Phi) is 3.97. The summed E-state index contributed by atoms with van der Waals surface area (Å²) in [6.07, 6.45) is -4.28. The summed E-state index contributed by atoms with van der Waals surface area (Å²) in [7, 11) is 0. The van der Waals surface area contributed by atoms with Crippen LogP contribution in [0.3, 0.4) is 0 Å². The predicted octanol–water partition coefficient (Wildman–Crippen LogP) is 3.51. The Morgan fingerprint density at radius 3 is 2.38 bits per heavy atom. The second-order valence-corrected chi connectivity index (χ2v) is 4.19. The van der Waals surface area contributed by atoms with Crippen molar-refractivity contribution in [2.24, 2.45) is 0 Å². The van der Waals surface area contributed by atoms with Gasteiger partial charge in [-0.05, 0) is 18.6 Å². The van der Waals surface area contributed by atoms with E-state index < -0.39 is 11.7 Å². The molecule has 90 valence electrons. The maximum absolute atomic E-state index is 12.7. The molecule has 0 unspecified atom stereocenters. The van der Waals surface area contributed by atoms with E-state index in [1.807, 2.05) is 13.8 Å². The summed E-state index contributed by atoms with van der Waals surface area (Å²) >= 11 is 0. The Hall–Kier alpha value is -1.03. The van der Waals surface area contributed by atoms with Gasteiger partial charge in [0.15, 0.2) is 0 Å². The molecule has 1 N–H and O–H groups in total. The molecule has 0 aliphatic heterocycles. The molecule has 0 atom stereocenters. The first-order chi connectivity index (χ1) is 7.30. The van der Waals surface area contributed by atoms with E-state index in [0.717, 1.165) is 0 Å². The highest BCUT2D eigenvalue weighted by atomic mass is 19.4. The van der Waals surface area contributed by atoms with Crippen LogP contribution in [-0.4, -0.2) is 6.04 Å². The van der Waals surface area contributed by atoms with Gasteiger partial charge in [0.2, 0.25) is 0 Å². The number of rotatable bonds is 3. The van der Waals surface area contributed by atoms with Crippen molar-refractivity contribution in [3.8, 4) is 0 Å². The highest BCUT2D eigenvalue weighted by molar-refractivity contribution is 5.33. The fourth-order valence-corrected chi connectivity index (χ4v) is 1.42. The van der Waals surface area contributed by atoms with Crippen LogP contribution >= 0.6 is 0 Å². The van der Waals surface area contributed by atoms with Gasteiger partial charge < -0.3 is 5.32 Å². The number of hydrogen-bond acceptors (Lipinski definition) is 1. The van der Waals surface area contributed by atoms with Crippen LogP contribution in [0.4, 0.5) is 13.2 Å². The van der Waals surface area contributed by atoms with Crippen molar-refractivity contribution in [1.29, 1.82) is 0 Å². The summed E-state index contributed by atoms with van der Waals surface area (Å²) in [6, 6.07) is 4.60. The molecule has 4 heteroatoms. The maximum atomic E-state index is 12.7. The normalized spacial score (nSPS) is 12.2. The zero-order valence-corrected chi connectivity index (χ0v) is 9.65. The number of hydrogen-bond donors (Lipinski definition) is 1. The number of halogens is 3. The maximum Gasteiger partial charge on any atom is 0.416 e. The molecule has 1 rings (SSSR count). The van der Waals surface area contributed by atoms with Gasteiger partial charge in [0, 0.05) is 12.6 Å². The Bertz CT molecular complexity index is 356. The molecule has 0 aliphatic rings. The number of benzene rings is 1. The first-order valence-corrected chi connectivity index (χ1v) is 5.21. The summed E-state index contributed by atoms with van der Waals surface area (Å²) in [6.45, 7) is 5.71. The van der Waals surface area contributed by atoms with Crippen molar-refractivity contribution in [3.05, 3.63) is 34.9 Å². The first-order valence-electron chi connectivity index (χ1n) is 5.21. The van der Waals surface area contributed by atoms with E-state index in [1.165, 1.54) is 12.1 Å². The Morgan fingerprint density at radius 1 is 1.25 bits per heavy atom. The van der Waals surface area contributed by atoms with E-state index in [4.69, 9.17) is 0 Å². The van der Waals surface area contributed by atoms with Crippen LogP contribution in [0.1, 0.15) is 30.5 Å². The van der Waals surface area contributed by atoms with Gasteiger partial charge in [-0.1, -0.05) is 31.5 Å². The van der Waals surface area contributed by atoms with Crippen molar-refractivity contribution in [3.63, 3.8) is 0 Å². The highest BCUT2D eigenvalue weighted by Gasteiger charge is 2.33. The quantitative estimate of drug-likeness (QED) is 0.839. The van der Waals surface area contributed by atoms with Gasteiger partial charge in [0.25, 0.3) is 0 Å². The molecule has 0 saturated heterocycles. The topological polar surface area (TPSA) is 12.0 Å². The molecule has 1 aromatic carbocycles. The van der Waals surface area contributed by atoms with Gasteiger partial charge in [-0.3, -0.25) is 0 Å². The van der Waals surface area contributed by atoms with E-state index in [1.54, 1.807) is 13.0 Å². The van der Waals surface area contributed by atoms with Crippen LogP contribution < -0.4 is 5.32 Å². The van der Waals surface area contributed by atoms with Gasteiger partial charge in [-0.25, -0.2) is 0 Å². The van der Waals surface area contributed by atoms with Crippen molar-refractivity contribution in [2.75, 3.05) is 0 Å². The summed E-state index contributed by atoms with van der Waals surface area (Å²) < 4.78 is 38.2. The molecular formula is C12H16F3N. The minimum Gasteiger partial charge on any atom is -0.310 e. The minimum absolute atomic E-state index is 0.169. The van der Waals surface area contributed by atoms with Crippen molar-refractivity contribution in [1.82, 2.24) is 5.32 Å². The predicted molar refractivity (Wildman–Crippen MR) is 58.2 cm³/mol. The molecule has 0 fully saturated rings. The van der Waals surface area contributed by atoms with Crippen LogP contribution in [0.15, 0.2) is 18.2 Å². The SMILES string of the molecule is Cc1ccc(CNC(C)C)c(C(F)(F)F)c1. The lowest BCUT2D eigenvalue weighted by molar-refractivity contribution is -0.138. The summed E-state index contributed by atoms with van der Waals surface area (Å²) in [5.41, 5.74) is 0.382. The van der Waals surface area contributed by atoms with Crippen molar-refractivity contribution >= 4 is 0 Å². The summed E-state index contributed by atoms with van der Waals surface area (Å²) in [5, 5.41) is 2.99. The lowest BCUT2D eigenvalue weighted by atomic mass is 10.0. The lowest BCUT2D eigenvalue weighted by Gasteiger charge is -2.15. The molecule has 0 amide bonds. The summed E-state index contributed by atoms with van der Waals surface area (Å²) in [5.74, 6) is 0. The molecule has 0 bridgehead atoms. The van der Waals surface area contributed by atoms with Crippen LogP contribution in [-0.2, 0) is 12.7 Å². The van der Waals surface area contributed by atoms with Gasteiger partial charge in [0.05, 0.1) is 5.56 Å². The Balaban J connectivity index is 2.99. The fourth-order valence-electron chi connectivity index (χ4n) is 1.42. The largest absolute Gasteiger partial charge is 0.416 e. The molecule has 0 spiro atoms. The molecule has 16 heavy (non-hydrogen) atoms.